The predicted molar refractivity (Wildman–Crippen MR) is 87.6 cm³/mol. The van der Waals surface area contributed by atoms with E-state index in [0.29, 0.717) is 5.02 Å². The zero-order valence-corrected chi connectivity index (χ0v) is 12.9. The van der Waals surface area contributed by atoms with E-state index in [1.807, 2.05) is 30.3 Å². The Kier molecular flexibility index (Phi) is 4.32. The van der Waals surface area contributed by atoms with Crippen molar-refractivity contribution in [1.82, 2.24) is 0 Å². The molecule has 1 saturated carbocycles. The lowest BCUT2D eigenvalue weighted by Crippen LogP contribution is -2.36. The molecule has 2 aromatic rings. The molecular weight excluding hydrogens is 280 g/mol. The number of aliphatic hydroxyl groups excluding tert-OH is 1. The number of hydrogen-bond donors (Lipinski definition) is 1. The first-order valence-electron chi connectivity index (χ1n) is 7.71. The average Bonchev–Trinajstić information content (AvgIpc) is 2.55. The summed E-state index contributed by atoms with van der Waals surface area (Å²) in [6.45, 7) is 0. The van der Waals surface area contributed by atoms with Gasteiger partial charge in [0.15, 0.2) is 0 Å². The number of hydrogen-bond acceptors (Lipinski definition) is 1. The van der Waals surface area contributed by atoms with Crippen LogP contribution in [-0.2, 0) is 5.41 Å². The Balaban J connectivity index is 2.03. The molecule has 110 valence electrons. The van der Waals surface area contributed by atoms with Crippen molar-refractivity contribution in [3.05, 3.63) is 70.7 Å². The van der Waals surface area contributed by atoms with Gasteiger partial charge in [-0.3, -0.25) is 0 Å². The Morgan fingerprint density at radius 2 is 1.62 bits per heavy atom. The van der Waals surface area contributed by atoms with Crippen molar-refractivity contribution in [2.24, 2.45) is 0 Å². The van der Waals surface area contributed by atoms with Gasteiger partial charge >= 0.3 is 0 Å². The number of halogens is 1. The molecule has 0 radical (unpaired) electrons. The molecule has 0 aromatic heterocycles. The Morgan fingerprint density at radius 1 is 0.905 bits per heavy atom. The van der Waals surface area contributed by atoms with Crippen molar-refractivity contribution in [1.29, 1.82) is 0 Å². The standard InChI is InChI=1S/C19H21ClO/c20-17-11-7-8-15(14-17)18(21)19(12-5-2-6-13-19)16-9-3-1-4-10-16/h1,3-4,7-11,14,18,21H,2,5-6,12-13H2. The van der Waals surface area contributed by atoms with E-state index >= 15 is 0 Å². The maximum Gasteiger partial charge on any atom is 0.0887 e. The summed E-state index contributed by atoms with van der Waals surface area (Å²) >= 11 is 6.11. The zero-order valence-electron chi connectivity index (χ0n) is 12.1. The molecule has 1 atom stereocenters. The lowest BCUT2D eigenvalue weighted by atomic mass is 9.64. The minimum Gasteiger partial charge on any atom is -0.387 e. The second-order valence-corrected chi connectivity index (χ2v) is 6.48. The maximum atomic E-state index is 11.1. The molecule has 21 heavy (non-hydrogen) atoms. The van der Waals surface area contributed by atoms with Crippen LogP contribution in [-0.4, -0.2) is 5.11 Å². The first kappa shape index (κ1) is 14.6. The third kappa shape index (κ3) is 2.86. The number of aliphatic hydroxyl groups is 1. The summed E-state index contributed by atoms with van der Waals surface area (Å²) in [4.78, 5) is 0. The van der Waals surface area contributed by atoms with E-state index in [-0.39, 0.29) is 5.41 Å². The van der Waals surface area contributed by atoms with E-state index < -0.39 is 6.10 Å². The van der Waals surface area contributed by atoms with E-state index in [9.17, 15) is 5.11 Å². The van der Waals surface area contributed by atoms with Crippen LogP contribution < -0.4 is 0 Å². The van der Waals surface area contributed by atoms with Crippen molar-refractivity contribution >= 4 is 11.6 Å². The van der Waals surface area contributed by atoms with E-state index in [0.717, 1.165) is 18.4 Å². The average molecular weight is 301 g/mol. The minimum absolute atomic E-state index is 0.176. The molecule has 0 amide bonds. The van der Waals surface area contributed by atoms with E-state index in [2.05, 4.69) is 24.3 Å². The van der Waals surface area contributed by atoms with Crippen LogP contribution in [0.25, 0.3) is 0 Å². The predicted octanol–water partition coefficient (Wildman–Crippen LogP) is 5.28. The molecule has 0 heterocycles. The van der Waals surface area contributed by atoms with Gasteiger partial charge in [0.25, 0.3) is 0 Å². The Bertz CT molecular complexity index is 588. The summed E-state index contributed by atoms with van der Waals surface area (Å²) in [5.41, 5.74) is 2.00. The molecule has 2 aromatic carbocycles. The van der Waals surface area contributed by atoms with Crippen molar-refractivity contribution in [2.45, 2.75) is 43.6 Å². The Labute approximate surface area is 131 Å². The van der Waals surface area contributed by atoms with Crippen LogP contribution in [0.5, 0.6) is 0 Å². The molecule has 2 heteroatoms. The second kappa shape index (κ2) is 6.21. The third-order valence-electron chi connectivity index (χ3n) is 4.78. The molecule has 1 aliphatic carbocycles. The van der Waals surface area contributed by atoms with E-state index in [4.69, 9.17) is 11.6 Å². The fourth-order valence-corrected chi connectivity index (χ4v) is 3.87. The van der Waals surface area contributed by atoms with Gasteiger partial charge in [0.1, 0.15) is 0 Å². The fourth-order valence-electron chi connectivity index (χ4n) is 3.67. The highest BCUT2D eigenvalue weighted by atomic mass is 35.5. The largest absolute Gasteiger partial charge is 0.387 e. The second-order valence-electron chi connectivity index (χ2n) is 6.04. The SMILES string of the molecule is OC(c1cccc(Cl)c1)C1(c2ccccc2)CCCCC1. The Morgan fingerprint density at radius 3 is 2.29 bits per heavy atom. The van der Waals surface area contributed by atoms with Gasteiger partial charge in [0, 0.05) is 10.4 Å². The molecule has 0 bridgehead atoms. The summed E-state index contributed by atoms with van der Waals surface area (Å²) in [7, 11) is 0. The third-order valence-corrected chi connectivity index (χ3v) is 5.02. The summed E-state index contributed by atoms with van der Waals surface area (Å²) in [6, 6.07) is 18.1. The Hall–Kier alpha value is -1.31. The zero-order chi connectivity index (χ0) is 14.7. The van der Waals surface area contributed by atoms with Crippen LogP contribution >= 0.6 is 11.6 Å². The highest BCUT2D eigenvalue weighted by Gasteiger charge is 2.41. The number of benzene rings is 2. The van der Waals surface area contributed by atoms with Gasteiger partial charge in [-0.15, -0.1) is 0 Å². The maximum absolute atomic E-state index is 11.1. The molecular formula is C19H21ClO. The van der Waals surface area contributed by atoms with Crippen LogP contribution in [0.1, 0.15) is 49.3 Å². The van der Waals surface area contributed by atoms with Crippen molar-refractivity contribution in [3.8, 4) is 0 Å². The molecule has 1 nitrogen and oxygen atoms in total. The molecule has 0 saturated heterocycles. The summed E-state index contributed by atoms with van der Waals surface area (Å²) in [5.74, 6) is 0. The van der Waals surface area contributed by atoms with Gasteiger partial charge < -0.3 is 5.11 Å². The highest BCUT2D eigenvalue weighted by molar-refractivity contribution is 6.30. The van der Waals surface area contributed by atoms with Crippen LogP contribution in [0.4, 0.5) is 0 Å². The topological polar surface area (TPSA) is 20.2 Å². The minimum atomic E-state index is -0.501. The summed E-state index contributed by atoms with van der Waals surface area (Å²) in [6.07, 6.45) is 5.17. The normalized spacial score (nSPS) is 19.1. The molecule has 3 rings (SSSR count). The van der Waals surface area contributed by atoms with Crippen molar-refractivity contribution in [3.63, 3.8) is 0 Å². The molecule has 0 spiro atoms. The van der Waals surface area contributed by atoms with Gasteiger partial charge in [0.2, 0.25) is 0 Å². The quantitative estimate of drug-likeness (QED) is 0.818. The van der Waals surface area contributed by atoms with Crippen LogP contribution in [0.2, 0.25) is 5.02 Å². The van der Waals surface area contributed by atoms with Gasteiger partial charge in [-0.05, 0) is 36.1 Å². The van der Waals surface area contributed by atoms with Crippen LogP contribution in [0.3, 0.4) is 0 Å². The van der Waals surface area contributed by atoms with Crippen molar-refractivity contribution < 1.29 is 5.11 Å². The van der Waals surface area contributed by atoms with Crippen molar-refractivity contribution in [2.75, 3.05) is 0 Å². The lowest BCUT2D eigenvalue weighted by molar-refractivity contribution is 0.0528. The van der Waals surface area contributed by atoms with E-state index in [1.54, 1.807) is 0 Å². The van der Waals surface area contributed by atoms with Crippen LogP contribution in [0.15, 0.2) is 54.6 Å². The summed E-state index contributed by atoms with van der Waals surface area (Å²) < 4.78 is 0. The monoisotopic (exact) mass is 300 g/mol. The lowest BCUT2D eigenvalue weighted by Gasteiger charge is -2.42. The molecule has 1 N–H and O–H groups in total. The molecule has 1 unspecified atom stereocenters. The van der Waals surface area contributed by atoms with Gasteiger partial charge in [-0.2, -0.15) is 0 Å². The molecule has 1 fully saturated rings. The first-order valence-corrected chi connectivity index (χ1v) is 8.09. The fraction of sp³-hybridized carbons (Fsp3) is 0.368. The van der Waals surface area contributed by atoms with Crippen LogP contribution in [0, 0.1) is 0 Å². The van der Waals surface area contributed by atoms with Gasteiger partial charge in [0.05, 0.1) is 6.10 Å². The van der Waals surface area contributed by atoms with Gasteiger partial charge in [-0.25, -0.2) is 0 Å². The smallest absolute Gasteiger partial charge is 0.0887 e. The molecule has 1 aliphatic rings. The van der Waals surface area contributed by atoms with E-state index in [1.165, 1.54) is 24.8 Å². The summed E-state index contributed by atoms with van der Waals surface area (Å²) in [5, 5.41) is 11.8. The molecule has 0 aliphatic heterocycles. The first-order chi connectivity index (χ1) is 10.2. The van der Waals surface area contributed by atoms with Gasteiger partial charge in [-0.1, -0.05) is 73.3 Å². The number of rotatable bonds is 3. The highest BCUT2D eigenvalue weighted by Crippen LogP contribution is 2.48.